The fourth-order valence-electron chi connectivity index (χ4n) is 2.91. The van der Waals surface area contributed by atoms with E-state index in [1.54, 1.807) is 7.11 Å². The highest BCUT2D eigenvalue weighted by Gasteiger charge is 2.36. The van der Waals surface area contributed by atoms with E-state index < -0.39 is 0 Å². The van der Waals surface area contributed by atoms with Crippen LogP contribution in [0.1, 0.15) is 19.8 Å². The van der Waals surface area contributed by atoms with E-state index in [0.29, 0.717) is 12.6 Å². The molecule has 2 rings (SSSR count). The van der Waals surface area contributed by atoms with E-state index in [2.05, 4.69) is 16.7 Å². The second-order valence-electron chi connectivity index (χ2n) is 5.06. The molecule has 0 radical (unpaired) electrons. The van der Waals surface area contributed by atoms with E-state index >= 15 is 0 Å². The molecule has 0 amide bonds. The van der Waals surface area contributed by atoms with Crippen LogP contribution < -0.4 is 0 Å². The summed E-state index contributed by atoms with van der Waals surface area (Å²) in [6.45, 7) is 7.51. The summed E-state index contributed by atoms with van der Waals surface area (Å²) in [6.07, 6.45) is 1.97. The van der Waals surface area contributed by atoms with E-state index in [9.17, 15) is 4.79 Å². The third-order valence-electron chi connectivity index (χ3n) is 4.04. The highest BCUT2D eigenvalue weighted by atomic mass is 16.5. The number of esters is 1. The maximum atomic E-state index is 11.6. The lowest BCUT2D eigenvalue weighted by atomic mass is 10.1. The van der Waals surface area contributed by atoms with Crippen LogP contribution in [0.25, 0.3) is 0 Å². The molecule has 0 spiro atoms. The number of rotatable bonds is 5. The quantitative estimate of drug-likeness (QED) is 0.664. The highest BCUT2D eigenvalue weighted by Crippen LogP contribution is 2.20. The van der Waals surface area contributed by atoms with Gasteiger partial charge >= 0.3 is 5.97 Å². The standard InChI is InChI=1S/C13H24N2O3/c1-3-11-10-15(12-4-8-18-13(12)16)6-5-14(11)7-9-17-2/h11-12H,3-10H2,1-2H3/t11-,12-/m1/s1. The number of methoxy groups -OCH3 is 1. The summed E-state index contributed by atoms with van der Waals surface area (Å²) in [4.78, 5) is 16.4. The first-order valence-electron chi connectivity index (χ1n) is 6.90. The molecule has 0 aromatic carbocycles. The van der Waals surface area contributed by atoms with Crippen molar-refractivity contribution in [2.24, 2.45) is 0 Å². The molecule has 0 unspecified atom stereocenters. The smallest absolute Gasteiger partial charge is 0.323 e. The van der Waals surface area contributed by atoms with Crippen LogP contribution in [-0.2, 0) is 14.3 Å². The molecule has 18 heavy (non-hydrogen) atoms. The van der Waals surface area contributed by atoms with E-state index in [4.69, 9.17) is 9.47 Å². The maximum Gasteiger partial charge on any atom is 0.323 e. The van der Waals surface area contributed by atoms with Crippen LogP contribution in [0.15, 0.2) is 0 Å². The van der Waals surface area contributed by atoms with Gasteiger partial charge in [-0.1, -0.05) is 6.92 Å². The van der Waals surface area contributed by atoms with Crippen molar-refractivity contribution in [3.8, 4) is 0 Å². The Bertz CT molecular complexity index is 285. The first-order chi connectivity index (χ1) is 8.76. The molecule has 0 bridgehead atoms. The summed E-state index contributed by atoms with van der Waals surface area (Å²) in [7, 11) is 1.74. The Balaban J connectivity index is 1.89. The van der Waals surface area contributed by atoms with Crippen molar-refractivity contribution in [1.82, 2.24) is 9.80 Å². The van der Waals surface area contributed by atoms with Gasteiger partial charge in [-0.15, -0.1) is 0 Å². The van der Waals surface area contributed by atoms with Crippen LogP contribution in [-0.4, -0.2) is 74.4 Å². The Morgan fingerprint density at radius 1 is 1.44 bits per heavy atom. The summed E-state index contributed by atoms with van der Waals surface area (Å²) >= 11 is 0. The molecule has 0 aliphatic carbocycles. The minimum absolute atomic E-state index is 0.00336. The summed E-state index contributed by atoms with van der Waals surface area (Å²) in [5, 5.41) is 0. The van der Waals surface area contributed by atoms with E-state index in [0.717, 1.165) is 45.6 Å². The van der Waals surface area contributed by atoms with E-state index in [1.807, 2.05) is 0 Å². The molecule has 0 aromatic heterocycles. The van der Waals surface area contributed by atoms with Crippen molar-refractivity contribution in [2.75, 3.05) is 46.5 Å². The fraction of sp³-hybridized carbons (Fsp3) is 0.923. The Kier molecular flexibility index (Phi) is 4.97. The molecule has 2 heterocycles. The molecule has 2 atom stereocenters. The second kappa shape index (κ2) is 6.50. The Hall–Kier alpha value is -0.650. The average Bonchev–Trinajstić information content (AvgIpc) is 2.82. The van der Waals surface area contributed by atoms with Gasteiger partial charge in [0.25, 0.3) is 0 Å². The topological polar surface area (TPSA) is 42.0 Å². The first kappa shape index (κ1) is 13.8. The van der Waals surface area contributed by atoms with Crippen molar-refractivity contribution in [1.29, 1.82) is 0 Å². The van der Waals surface area contributed by atoms with Crippen molar-refractivity contribution < 1.29 is 14.3 Å². The van der Waals surface area contributed by atoms with Crippen LogP contribution in [0, 0.1) is 0 Å². The number of hydrogen-bond acceptors (Lipinski definition) is 5. The number of cyclic esters (lactones) is 1. The molecule has 2 fully saturated rings. The summed E-state index contributed by atoms with van der Waals surface area (Å²) in [6, 6.07) is 0.533. The lowest BCUT2D eigenvalue weighted by Crippen LogP contribution is -2.57. The third kappa shape index (κ3) is 3.02. The summed E-state index contributed by atoms with van der Waals surface area (Å²) in [5.74, 6) is -0.0322. The Morgan fingerprint density at radius 2 is 2.28 bits per heavy atom. The molecule has 104 valence electrons. The Labute approximate surface area is 109 Å². The molecule has 2 aliphatic heterocycles. The van der Waals surface area contributed by atoms with Crippen LogP contribution in [0.3, 0.4) is 0 Å². The SMILES string of the molecule is CC[C@@H]1CN([C@@H]2CCOC2=O)CCN1CCOC. The molecule has 2 saturated heterocycles. The van der Waals surface area contributed by atoms with Crippen molar-refractivity contribution in [3.63, 3.8) is 0 Å². The summed E-state index contributed by atoms with van der Waals surface area (Å²) in [5.41, 5.74) is 0. The molecule has 2 aliphatic rings. The molecule has 0 N–H and O–H groups in total. The highest BCUT2D eigenvalue weighted by molar-refractivity contribution is 5.77. The fourth-order valence-corrected chi connectivity index (χ4v) is 2.91. The van der Waals surface area contributed by atoms with Crippen molar-refractivity contribution in [3.05, 3.63) is 0 Å². The lowest BCUT2D eigenvalue weighted by molar-refractivity contribution is -0.143. The second-order valence-corrected chi connectivity index (χ2v) is 5.06. The molecule has 5 nitrogen and oxygen atoms in total. The predicted molar refractivity (Wildman–Crippen MR) is 68.5 cm³/mol. The van der Waals surface area contributed by atoms with Gasteiger partial charge in [-0.2, -0.15) is 0 Å². The number of hydrogen-bond donors (Lipinski definition) is 0. The van der Waals surface area contributed by atoms with Crippen molar-refractivity contribution in [2.45, 2.75) is 31.8 Å². The first-order valence-corrected chi connectivity index (χ1v) is 6.90. The number of nitrogens with zero attached hydrogens (tertiary/aromatic N) is 2. The van der Waals surface area contributed by atoms with Gasteiger partial charge in [0, 0.05) is 45.8 Å². The monoisotopic (exact) mass is 256 g/mol. The zero-order chi connectivity index (χ0) is 13.0. The zero-order valence-corrected chi connectivity index (χ0v) is 11.4. The van der Waals surface area contributed by atoms with Gasteiger partial charge in [0.1, 0.15) is 6.04 Å². The van der Waals surface area contributed by atoms with Crippen molar-refractivity contribution >= 4 is 5.97 Å². The third-order valence-corrected chi connectivity index (χ3v) is 4.04. The van der Waals surface area contributed by atoms with Gasteiger partial charge in [0.2, 0.25) is 0 Å². The van der Waals surface area contributed by atoms with Gasteiger partial charge in [-0.3, -0.25) is 14.6 Å². The van der Waals surface area contributed by atoms with Crippen LogP contribution in [0.2, 0.25) is 0 Å². The van der Waals surface area contributed by atoms with Crippen LogP contribution in [0.4, 0.5) is 0 Å². The lowest BCUT2D eigenvalue weighted by Gasteiger charge is -2.42. The normalized spacial score (nSPS) is 30.7. The Morgan fingerprint density at radius 3 is 2.89 bits per heavy atom. The van der Waals surface area contributed by atoms with E-state index in [-0.39, 0.29) is 12.0 Å². The number of carbonyl (C=O) groups is 1. The predicted octanol–water partition coefficient (Wildman–Crippen LogP) is 0.345. The summed E-state index contributed by atoms with van der Waals surface area (Å²) < 4.78 is 10.2. The van der Waals surface area contributed by atoms with Gasteiger partial charge in [-0.05, 0) is 6.42 Å². The molecule has 5 heteroatoms. The van der Waals surface area contributed by atoms with Gasteiger partial charge in [0.15, 0.2) is 0 Å². The average molecular weight is 256 g/mol. The maximum absolute atomic E-state index is 11.6. The van der Waals surface area contributed by atoms with E-state index in [1.165, 1.54) is 0 Å². The van der Waals surface area contributed by atoms with Crippen LogP contribution in [0.5, 0.6) is 0 Å². The van der Waals surface area contributed by atoms with Gasteiger partial charge in [0.05, 0.1) is 13.2 Å². The van der Waals surface area contributed by atoms with Gasteiger partial charge in [-0.25, -0.2) is 0 Å². The molecule has 0 saturated carbocycles. The zero-order valence-electron chi connectivity index (χ0n) is 11.4. The largest absolute Gasteiger partial charge is 0.464 e. The molecular weight excluding hydrogens is 232 g/mol. The van der Waals surface area contributed by atoms with Gasteiger partial charge < -0.3 is 9.47 Å². The minimum atomic E-state index is -0.0322. The number of ether oxygens (including phenoxy) is 2. The molecular formula is C13H24N2O3. The molecule has 0 aromatic rings. The number of carbonyl (C=O) groups excluding carboxylic acids is 1. The minimum Gasteiger partial charge on any atom is -0.464 e. The number of piperazine rings is 1. The van der Waals surface area contributed by atoms with Crippen LogP contribution >= 0.6 is 0 Å².